The van der Waals surface area contributed by atoms with Crippen LogP contribution < -0.4 is 5.32 Å². The highest BCUT2D eigenvalue weighted by molar-refractivity contribution is 6.42. The number of pyridine rings is 1. The summed E-state index contributed by atoms with van der Waals surface area (Å²) in [7, 11) is 4.08. The van der Waals surface area contributed by atoms with Gasteiger partial charge in [0.2, 0.25) is 0 Å². The fourth-order valence-electron chi connectivity index (χ4n) is 1.93. The Morgan fingerprint density at radius 1 is 1.21 bits per heavy atom. The molecule has 1 rings (SSSR count). The lowest BCUT2D eigenvalue weighted by Gasteiger charge is -2.25. The second kappa shape index (κ2) is 7.53. The monoisotopic (exact) mass is 323 g/mol. The number of hydrogen-bond acceptors (Lipinski definition) is 3. The van der Waals surface area contributed by atoms with Crippen molar-refractivity contribution < 1.29 is 0 Å². The summed E-state index contributed by atoms with van der Waals surface area (Å²) in [4.78, 5) is 6.33. The Morgan fingerprint density at radius 3 is 2.37 bits per heavy atom. The van der Waals surface area contributed by atoms with Crippen molar-refractivity contribution in [3.8, 4) is 0 Å². The molecule has 6 heteroatoms. The van der Waals surface area contributed by atoms with Gasteiger partial charge in [-0.25, -0.2) is 4.98 Å². The van der Waals surface area contributed by atoms with Gasteiger partial charge in [0.1, 0.15) is 11.0 Å². The van der Waals surface area contributed by atoms with Gasteiger partial charge in [-0.3, -0.25) is 0 Å². The van der Waals surface area contributed by atoms with Crippen LogP contribution in [-0.2, 0) is 0 Å². The van der Waals surface area contributed by atoms with Gasteiger partial charge in [0.25, 0.3) is 0 Å². The van der Waals surface area contributed by atoms with Crippen molar-refractivity contribution in [3.63, 3.8) is 0 Å². The van der Waals surface area contributed by atoms with Crippen molar-refractivity contribution in [2.75, 3.05) is 26.0 Å². The molecule has 19 heavy (non-hydrogen) atoms. The molecule has 1 N–H and O–H groups in total. The lowest BCUT2D eigenvalue weighted by Crippen LogP contribution is -2.33. The van der Waals surface area contributed by atoms with Crippen LogP contribution in [0.5, 0.6) is 0 Å². The van der Waals surface area contributed by atoms with E-state index in [1.807, 2.05) is 14.1 Å². The second-order valence-corrected chi connectivity index (χ2v) is 6.50. The second-order valence-electron chi connectivity index (χ2n) is 5.32. The van der Waals surface area contributed by atoms with Crippen molar-refractivity contribution >= 4 is 40.6 Å². The predicted molar refractivity (Wildman–Crippen MR) is 84.7 cm³/mol. The molecule has 1 aromatic rings. The molecule has 0 spiro atoms. The molecule has 3 nitrogen and oxygen atoms in total. The molecular formula is C13H20Cl3N3. The number of nitrogens with one attached hydrogen (secondary N) is 1. The number of anilines is 1. The highest BCUT2D eigenvalue weighted by Crippen LogP contribution is 2.29. The molecule has 0 aliphatic carbocycles. The van der Waals surface area contributed by atoms with Crippen LogP contribution in [0.3, 0.4) is 0 Å². The van der Waals surface area contributed by atoms with E-state index in [1.54, 1.807) is 6.07 Å². The van der Waals surface area contributed by atoms with E-state index in [4.69, 9.17) is 34.8 Å². The van der Waals surface area contributed by atoms with Gasteiger partial charge in [-0.15, -0.1) is 0 Å². The van der Waals surface area contributed by atoms with E-state index in [1.165, 1.54) is 0 Å². The molecule has 0 bridgehead atoms. The molecule has 0 aliphatic rings. The minimum absolute atomic E-state index is 0.261. The number of rotatable bonds is 6. The number of halogens is 3. The summed E-state index contributed by atoms with van der Waals surface area (Å²) in [5.41, 5.74) is 0. The summed E-state index contributed by atoms with van der Waals surface area (Å²) in [5, 5.41) is 4.47. The van der Waals surface area contributed by atoms with E-state index in [0.717, 1.165) is 13.0 Å². The minimum Gasteiger partial charge on any atom is -0.365 e. The first-order chi connectivity index (χ1) is 8.79. The van der Waals surface area contributed by atoms with Crippen molar-refractivity contribution in [1.82, 2.24) is 9.88 Å². The summed E-state index contributed by atoms with van der Waals surface area (Å²) in [6.07, 6.45) is 1.02. The summed E-state index contributed by atoms with van der Waals surface area (Å²) in [6, 6.07) is 1.88. The lowest BCUT2D eigenvalue weighted by molar-refractivity contribution is 0.356. The van der Waals surface area contributed by atoms with E-state index >= 15 is 0 Å². The predicted octanol–water partition coefficient (Wildman–Crippen LogP) is 4.43. The Labute approximate surface area is 130 Å². The Hall–Kier alpha value is -0.220. The molecule has 0 aliphatic heterocycles. The van der Waals surface area contributed by atoms with E-state index < -0.39 is 0 Å². The number of nitrogens with zero attached hydrogens (tertiary/aromatic N) is 2. The standard InChI is InChI=1S/C13H20Cl3N3/c1-8(2)5-9(7-19(3)4)17-13-11(15)6-10(14)12(16)18-13/h6,8-9H,5,7H2,1-4H3,(H,17,18). The van der Waals surface area contributed by atoms with Crippen LogP contribution in [0, 0.1) is 5.92 Å². The maximum atomic E-state index is 6.14. The van der Waals surface area contributed by atoms with Crippen molar-refractivity contribution in [2.24, 2.45) is 5.92 Å². The largest absolute Gasteiger partial charge is 0.365 e. The quantitative estimate of drug-likeness (QED) is 0.785. The van der Waals surface area contributed by atoms with Gasteiger partial charge < -0.3 is 10.2 Å². The van der Waals surface area contributed by atoms with E-state index in [2.05, 4.69) is 29.0 Å². The summed E-state index contributed by atoms with van der Waals surface area (Å²) < 4.78 is 0. The first-order valence-corrected chi connectivity index (χ1v) is 7.35. The molecule has 0 saturated carbocycles. The number of aromatic nitrogens is 1. The third-order valence-electron chi connectivity index (χ3n) is 2.57. The average molecular weight is 325 g/mol. The zero-order valence-corrected chi connectivity index (χ0v) is 13.9. The molecule has 1 aromatic heterocycles. The molecule has 0 radical (unpaired) electrons. The van der Waals surface area contributed by atoms with Crippen LogP contribution in [0.1, 0.15) is 20.3 Å². The number of likely N-dealkylation sites (N-methyl/N-ethyl adjacent to an activating group) is 1. The van der Waals surface area contributed by atoms with Crippen LogP contribution in [0.15, 0.2) is 6.07 Å². The first-order valence-electron chi connectivity index (χ1n) is 6.22. The molecular weight excluding hydrogens is 305 g/mol. The Morgan fingerprint density at radius 2 is 1.84 bits per heavy atom. The lowest BCUT2D eigenvalue weighted by atomic mass is 10.0. The summed E-state index contributed by atoms with van der Waals surface area (Å²) in [5.74, 6) is 1.17. The van der Waals surface area contributed by atoms with Crippen molar-refractivity contribution in [3.05, 3.63) is 21.3 Å². The maximum absolute atomic E-state index is 6.14. The molecule has 0 aromatic carbocycles. The van der Waals surface area contributed by atoms with E-state index in [0.29, 0.717) is 21.8 Å². The van der Waals surface area contributed by atoms with Crippen LogP contribution in [-0.4, -0.2) is 36.6 Å². The molecule has 0 saturated heterocycles. The SMILES string of the molecule is CC(C)CC(CN(C)C)Nc1nc(Cl)c(Cl)cc1Cl. The van der Waals surface area contributed by atoms with E-state index in [-0.39, 0.29) is 11.2 Å². The van der Waals surface area contributed by atoms with Crippen molar-refractivity contribution in [1.29, 1.82) is 0 Å². The highest BCUT2D eigenvalue weighted by atomic mass is 35.5. The smallest absolute Gasteiger partial charge is 0.150 e. The minimum atomic E-state index is 0.261. The normalized spacial score (nSPS) is 13.1. The Bertz CT molecular complexity index is 412. The van der Waals surface area contributed by atoms with E-state index in [9.17, 15) is 0 Å². The zero-order chi connectivity index (χ0) is 14.6. The molecule has 1 unspecified atom stereocenters. The molecule has 1 heterocycles. The third-order valence-corrected chi connectivity index (χ3v) is 3.53. The molecule has 1 atom stereocenters. The third kappa shape index (κ3) is 5.74. The Kier molecular flexibility index (Phi) is 6.67. The molecule has 0 amide bonds. The van der Waals surface area contributed by atoms with Crippen LogP contribution in [0.25, 0.3) is 0 Å². The van der Waals surface area contributed by atoms with Gasteiger partial charge in [0.05, 0.1) is 10.0 Å². The summed E-state index contributed by atoms with van der Waals surface area (Å²) in [6.45, 7) is 5.28. The van der Waals surface area contributed by atoms with Crippen LogP contribution in [0.4, 0.5) is 5.82 Å². The highest BCUT2D eigenvalue weighted by Gasteiger charge is 2.15. The van der Waals surface area contributed by atoms with Gasteiger partial charge in [0, 0.05) is 12.6 Å². The summed E-state index contributed by atoms with van der Waals surface area (Å²) >= 11 is 17.9. The zero-order valence-electron chi connectivity index (χ0n) is 11.7. The van der Waals surface area contributed by atoms with Crippen molar-refractivity contribution in [2.45, 2.75) is 26.3 Å². The van der Waals surface area contributed by atoms with Gasteiger partial charge in [-0.2, -0.15) is 0 Å². The topological polar surface area (TPSA) is 28.2 Å². The number of hydrogen-bond donors (Lipinski definition) is 1. The molecule has 0 fully saturated rings. The van der Waals surface area contributed by atoms with Crippen LogP contribution in [0.2, 0.25) is 15.2 Å². The first kappa shape index (κ1) is 16.8. The van der Waals surface area contributed by atoms with Gasteiger partial charge >= 0.3 is 0 Å². The molecule has 108 valence electrons. The maximum Gasteiger partial charge on any atom is 0.150 e. The van der Waals surface area contributed by atoms with Gasteiger partial charge in [-0.1, -0.05) is 48.7 Å². The fraction of sp³-hybridized carbons (Fsp3) is 0.615. The van der Waals surface area contributed by atoms with Gasteiger partial charge in [0.15, 0.2) is 0 Å². The Balaban J connectivity index is 2.86. The van der Waals surface area contributed by atoms with Gasteiger partial charge in [-0.05, 0) is 32.5 Å². The fourth-order valence-corrected chi connectivity index (χ4v) is 2.48. The average Bonchev–Trinajstić information content (AvgIpc) is 2.23. The van der Waals surface area contributed by atoms with Crippen LogP contribution >= 0.6 is 34.8 Å².